The number of thiophene rings is 1. The molecule has 0 aliphatic carbocycles. The minimum atomic E-state index is -0.280. The first-order chi connectivity index (χ1) is 19.7. The van der Waals surface area contributed by atoms with E-state index in [1.54, 1.807) is 23.5 Å². The Bertz CT molecular complexity index is 2460. The smallest absolute Gasteiger partial charge is 0.159 e. The number of halogens is 1. The fourth-order valence-electron chi connectivity index (χ4n) is 6.04. The standard InChI is InChI=1S/C35H19FN2OS/c36-22-15-16-31-27(19-22)24-10-6-13-29(33(24)39-31)38-30-18-21-8-2-1-7-20(21)17-28(30)37-35(38)26-12-5-11-25-23-9-3-4-14-32(23)40-34(25)26/h1-19H. The summed E-state index contributed by atoms with van der Waals surface area (Å²) < 4.78 is 25.3. The molecule has 9 rings (SSSR count). The second-order valence-electron chi connectivity index (χ2n) is 10.1. The van der Waals surface area contributed by atoms with E-state index in [0.717, 1.165) is 49.7 Å². The maximum absolute atomic E-state index is 14.2. The topological polar surface area (TPSA) is 31.0 Å². The molecular weight excluding hydrogens is 515 g/mol. The zero-order valence-corrected chi connectivity index (χ0v) is 21.9. The van der Waals surface area contributed by atoms with Crippen LogP contribution in [0.25, 0.3) is 81.0 Å². The maximum atomic E-state index is 14.2. The van der Waals surface area contributed by atoms with Crippen molar-refractivity contribution in [3.63, 3.8) is 0 Å². The number of imidazole rings is 1. The lowest BCUT2D eigenvalue weighted by molar-refractivity contribution is 0.626. The summed E-state index contributed by atoms with van der Waals surface area (Å²) >= 11 is 1.79. The van der Waals surface area contributed by atoms with E-state index in [0.29, 0.717) is 11.2 Å². The first kappa shape index (κ1) is 21.9. The van der Waals surface area contributed by atoms with Gasteiger partial charge in [-0.05, 0) is 59.3 Å². The van der Waals surface area contributed by atoms with E-state index in [2.05, 4.69) is 89.5 Å². The monoisotopic (exact) mass is 534 g/mol. The van der Waals surface area contributed by atoms with E-state index in [4.69, 9.17) is 9.40 Å². The zero-order valence-electron chi connectivity index (χ0n) is 21.1. The van der Waals surface area contributed by atoms with Crippen LogP contribution < -0.4 is 0 Å². The number of furan rings is 1. The van der Waals surface area contributed by atoms with Crippen molar-refractivity contribution < 1.29 is 8.81 Å². The van der Waals surface area contributed by atoms with Gasteiger partial charge >= 0.3 is 0 Å². The van der Waals surface area contributed by atoms with Crippen LogP contribution in [0.5, 0.6) is 0 Å². The number of para-hydroxylation sites is 1. The fourth-order valence-corrected chi connectivity index (χ4v) is 7.25. The van der Waals surface area contributed by atoms with E-state index in [1.807, 2.05) is 12.1 Å². The molecule has 0 saturated heterocycles. The lowest BCUT2D eigenvalue weighted by atomic mass is 10.1. The second-order valence-corrected chi connectivity index (χ2v) is 11.2. The van der Waals surface area contributed by atoms with Crippen LogP contribution >= 0.6 is 11.3 Å². The Balaban J connectivity index is 1.44. The lowest BCUT2D eigenvalue weighted by Crippen LogP contribution is -1.98. The predicted molar refractivity (Wildman–Crippen MR) is 164 cm³/mol. The summed E-state index contributed by atoms with van der Waals surface area (Å²) in [5, 5.41) is 6.39. The third-order valence-electron chi connectivity index (χ3n) is 7.85. The summed E-state index contributed by atoms with van der Waals surface area (Å²) in [4.78, 5) is 5.27. The second kappa shape index (κ2) is 8.01. The molecule has 0 saturated carbocycles. The molecule has 6 aromatic carbocycles. The van der Waals surface area contributed by atoms with Gasteiger partial charge in [-0.2, -0.15) is 0 Å². The van der Waals surface area contributed by atoms with Crippen LogP contribution in [0.15, 0.2) is 120 Å². The van der Waals surface area contributed by atoms with Crippen LogP contribution in [0.3, 0.4) is 0 Å². The Morgan fingerprint density at radius 2 is 1.45 bits per heavy atom. The third-order valence-corrected chi connectivity index (χ3v) is 9.07. The van der Waals surface area contributed by atoms with Crippen molar-refractivity contribution in [2.75, 3.05) is 0 Å². The summed E-state index contributed by atoms with van der Waals surface area (Å²) in [5.74, 6) is 0.568. The molecule has 5 heteroatoms. The third kappa shape index (κ3) is 3.01. The first-order valence-corrected chi connectivity index (χ1v) is 14.0. The molecule has 0 amide bonds. The van der Waals surface area contributed by atoms with Gasteiger partial charge in [-0.15, -0.1) is 11.3 Å². The number of hydrogen-bond acceptors (Lipinski definition) is 3. The van der Waals surface area contributed by atoms with Gasteiger partial charge in [0.15, 0.2) is 5.58 Å². The van der Waals surface area contributed by atoms with Gasteiger partial charge in [0.05, 0.1) is 16.7 Å². The summed E-state index contributed by atoms with van der Waals surface area (Å²) in [6.45, 7) is 0. The number of rotatable bonds is 2. The van der Waals surface area contributed by atoms with Gasteiger partial charge in [0.25, 0.3) is 0 Å². The van der Waals surface area contributed by atoms with Crippen molar-refractivity contribution in [1.82, 2.24) is 9.55 Å². The molecule has 0 radical (unpaired) electrons. The summed E-state index contributed by atoms with van der Waals surface area (Å²) in [5.41, 5.74) is 5.21. The fraction of sp³-hybridized carbons (Fsp3) is 0. The molecule has 0 unspecified atom stereocenters. The Labute approximate surface area is 231 Å². The maximum Gasteiger partial charge on any atom is 0.159 e. The first-order valence-electron chi connectivity index (χ1n) is 13.2. The Hall–Kier alpha value is -5.00. The average Bonchev–Trinajstić information content (AvgIpc) is 3.66. The predicted octanol–water partition coefficient (Wildman–Crippen LogP) is 10.3. The highest BCUT2D eigenvalue weighted by Crippen LogP contribution is 2.43. The van der Waals surface area contributed by atoms with Crippen LogP contribution in [-0.4, -0.2) is 9.55 Å². The molecule has 3 aromatic heterocycles. The molecule has 0 bridgehead atoms. The minimum Gasteiger partial charge on any atom is -0.454 e. The van der Waals surface area contributed by atoms with Crippen molar-refractivity contribution >= 4 is 75.3 Å². The Morgan fingerprint density at radius 1 is 0.675 bits per heavy atom. The number of benzene rings is 6. The van der Waals surface area contributed by atoms with Crippen LogP contribution in [0, 0.1) is 5.82 Å². The van der Waals surface area contributed by atoms with E-state index in [-0.39, 0.29) is 5.82 Å². The highest BCUT2D eigenvalue weighted by atomic mass is 32.1. The molecule has 0 fully saturated rings. The van der Waals surface area contributed by atoms with Crippen molar-refractivity contribution in [1.29, 1.82) is 0 Å². The molecule has 0 N–H and O–H groups in total. The molecule has 0 atom stereocenters. The summed E-state index contributed by atoms with van der Waals surface area (Å²) in [6, 6.07) is 38.5. The molecular formula is C35H19FN2OS. The molecule has 3 heterocycles. The molecule has 3 nitrogen and oxygen atoms in total. The van der Waals surface area contributed by atoms with Gasteiger partial charge in [-0.25, -0.2) is 9.37 Å². The average molecular weight is 535 g/mol. The Morgan fingerprint density at radius 3 is 2.38 bits per heavy atom. The highest BCUT2D eigenvalue weighted by Gasteiger charge is 2.22. The number of fused-ring (bicyclic) bond motifs is 8. The summed E-state index contributed by atoms with van der Waals surface area (Å²) in [6.07, 6.45) is 0. The molecule has 188 valence electrons. The molecule has 0 spiro atoms. The van der Waals surface area contributed by atoms with Crippen LogP contribution in [0.2, 0.25) is 0 Å². The minimum absolute atomic E-state index is 0.280. The van der Waals surface area contributed by atoms with Crippen LogP contribution in [-0.2, 0) is 0 Å². The number of nitrogens with zero attached hydrogens (tertiary/aromatic N) is 2. The molecule has 9 aromatic rings. The molecule has 0 aliphatic rings. The quantitative estimate of drug-likeness (QED) is 0.221. The van der Waals surface area contributed by atoms with E-state index in [1.165, 1.54) is 26.2 Å². The van der Waals surface area contributed by atoms with Gasteiger partial charge in [0.2, 0.25) is 0 Å². The van der Waals surface area contributed by atoms with E-state index in [9.17, 15) is 4.39 Å². The SMILES string of the molecule is Fc1ccc2oc3c(-n4c(-c5cccc6c5sc5ccccc56)nc5cc6ccccc6cc54)cccc3c2c1. The van der Waals surface area contributed by atoms with Gasteiger partial charge in [0.1, 0.15) is 17.2 Å². The number of aromatic nitrogens is 2. The van der Waals surface area contributed by atoms with Crippen molar-refractivity contribution in [3.8, 4) is 17.1 Å². The molecule has 0 aliphatic heterocycles. The lowest BCUT2D eigenvalue weighted by Gasteiger charge is -2.11. The number of hydrogen-bond donors (Lipinski definition) is 0. The highest BCUT2D eigenvalue weighted by molar-refractivity contribution is 7.26. The van der Waals surface area contributed by atoms with Crippen LogP contribution in [0.1, 0.15) is 0 Å². The molecule has 40 heavy (non-hydrogen) atoms. The van der Waals surface area contributed by atoms with Gasteiger partial charge in [-0.1, -0.05) is 66.7 Å². The largest absolute Gasteiger partial charge is 0.454 e. The van der Waals surface area contributed by atoms with Gasteiger partial charge in [0, 0.05) is 36.5 Å². The van der Waals surface area contributed by atoms with Crippen molar-refractivity contribution in [2.24, 2.45) is 0 Å². The zero-order chi connectivity index (χ0) is 26.4. The summed E-state index contributed by atoms with van der Waals surface area (Å²) in [7, 11) is 0. The van der Waals surface area contributed by atoms with Gasteiger partial charge in [-0.3, -0.25) is 4.57 Å². The van der Waals surface area contributed by atoms with Crippen molar-refractivity contribution in [3.05, 3.63) is 121 Å². The van der Waals surface area contributed by atoms with Crippen molar-refractivity contribution in [2.45, 2.75) is 0 Å². The van der Waals surface area contributed by atoms with E-state index >= 15 is 0 Å². The van der Waals surface area contributed by atoms with Crippen LogP contribution in [0.4, 0.5) is 4.39 Å². The Kier molecular flexibility index (Phi) is 4.38. The van der Waals surface area contributed by atoms with E-state index < -0.39 is 0 Å². The van der Waals surface area contributed by atoms with Gasteiger partial charge < -0.3 is 4.42 Å². The normalized spacial score (nSPS) is 12.1.